The minimum atomic E-state index is 0.0542. The van der Waals surface area contributed by atoms with Gasteiger partial charge in [-0.2, -0.15) is 0 Å². The first-order valence-corrected chi connectivity index (χ1v) is 6.91. The van der Waals surface area contributed by atoms with Crippen LogP contribution in [-0.2, 0) is 4.79 Å². The number of hydrogen-bond acceptors (Lipinski definition) is 1. The van der Waals surface area contributed by atoms with E-state index in [1.54, 1.807) is 0 Å². The highest BCUT2D eigenvalue weighted by Gasteiger charge is 2.06. The Morgan fingerprint density at radius 3 is 2.20 bits per heavy atom. The van der Waals surface area contributed by atoms with Crippen LogP contribution in [0, 0.1) is 0 Å². The van der Waals surface area contributed by atoms with Crippen LogP contribution >= 0.6 is 0 Å². The summed E-state index contributed by atoms with van der Waals surface area (Å²) in [5, 5.41) is 3.00. The number of carbonyl (C=O) groups is 1. The molecular weight excluding hydrogens is 246 g/mol. The molecule has 20 heavy (non-hydrogen) atoms. The molecule has 0 aliphatic carbocycles. The predicted octanol–water partition coefficient (Wildman–Crippen LogP) is 4.10. The fourth-order valence-electron chi connectivity index (χ4n) is 1.96. The summed E-state index contributed by atoms with van der Waals surface area (Å²) < 4.78 is 0. The Morgan fingerprint density at radius 2 is 1.60 bits per heavy atom. The van der Waals surface area contributed by atoms with Gasteiger partial charge in [0.1, 0.15) is 0 Å². The lowest BCUT2D eigenvalue weighted by atomic mass is 10.1. The molecule has 2 aromatic carbocycles. The van der Waals surface area contributed by atoms with E-state index in [1.807, 2.05) is 73.7 Å². The number of rotatable bonds is 5. The normalized spacial score (nSPS) is 11.2. The Kier molecular flexibility index (Phi) is 5.13. The number of amides is 1. The Labute approximate surface area is 120 Å². The van der Waals surface area contributed by atoms with Gasteiger partial charge in [-0.15, -0.1) is 0 Å². The highest BCUT2D eigenvalue weighted by molar-refractivity contribution is 5.92. The highest BCUT2D eigenvalue weighted by Crippen LogP contribution is 2.15. The molecule has 2 heteroatoms. The van der Waals surface area contributed by atoms with Crippen molar-refractivity contribution in [3.8, 4) is 0 Å². The second kappa shape index (κ2) is 7.29. The van der Waals surface area contributed by atoms with Crippen LogP contribution in [0.5, 0.6) is 0 Å². The van der Waals surface area contributed by atoms with Crippen LogP contribution in [0.1, 0.15) is 30.9 Å². The highest BCUT2D eigenvalue weighted by atomic mass is 16.1. The monoisotopic (exact) mass is 265 g/mol. The number of benzene rings is 2. The third kappa shape index (κ3) is 4.09. The second-order valence-corrected chi connectivity index (χ2v) is 4.63. The molecule has 0 fully saturated rings. The molecule has 2 aromatic rings. The Hall–Kier alpha value is -2.35. The third-order valence-corrected chi connectivity index (χ3v) is 2.95. The molecule has 0 aliphatic heterocycles. The molecule has 0 saturated carbocycles. The first-order chi connectivity index (χ1) is 9.79. The van der Waals surface area contributed by atoms with Crippen LogP contribution in [0.3, 0.4) is 0 Å². The first-order valence-electron chi connectivity index (χ1n) is 6.91. The summed E-state index contributed by atoms with van der Waals surface area (Å²) in [4.78, 5) is 11.9. The van der Waals surface area contributed by atoms with Crippen LogP contribution in [0.4, 0.5) is 0 Å². The molecule has 0 bridgehead atoms. The molecule has 2 rings (SSSR count). The maximum absolute atomic E-state index is 11.9. The molecule has 0 radical (unpaired) electrons. The van der Waals surface area contributed by atoms with Gasteiger partial charge in [0.2, 0.25) is 5.91 Å². The molecule has 0 heterocycles. The molecule has 1 amide bonds. The van der Waals surface area contributed by atoms with Gasteiger partial charge in [-0.1, -0.05) is 67.6 Å². The van der Waals surface area contributed by atoms with E-state index in [2.05, 4.69) is 5.32 Å². The van der Waals surface area contributed by atoms with Gasteiger partial charge in [0.15, 0.2) is 0 Å². The summed E-state index contributed by atoms with van der Waals surface area (Å²) in [5.41, 5.74) is 2.93. The van der Waals surface area contributed by atoms with Crippen molar-refractivity contribution in [2.24, 2.45) is 0 Å². The van der Waals surface area contributed by atoms with E-state index in [9.17, 15) is 4.79 Å². The second-order valence-electron chi connectivity index (χ2n) is 4.63. The van der Waals surface area contributed by atoms with Crippen molar-refractivity contribution >= 4 is 17.7 Å². The lowest BCUT2D eigenvalue weighted by Crippen LogP contribution is -2.21. The molecule has 1 N–H and O–H groups in total. The SMILES string of the molecule is CCCC(=O)NC(=Cc1ccccc1)c1ccccc1. The molecule has 2 nitrogen and oxygen atoms in total. The zero-order valence-corrected chi connectivity index (χ0v) is 11.7. The van der Waals surface area contributed by atoms with E-state index in [1.165, 1.54) is 0 Å². The topological polar surface area (TPSA) is 29.1 Å². The Balaban J connectivity index is 2.29. The number of nitrogens with one attached hydrogen (secondary N) is 1. The average Bonchev–Trinajstić information content (AvgIpc) is 2.49. The largest absolute Gasteiger partial charge is 0.326 e. The third-order valence-electron chi connectivity index (χ3n) is 2.95. The zero-order valence-electron chi connectivity index (χ0n) is 11.7. The molecule has 0 aliphatic rings. The van der Waals surface area contributed by atoms with Crippen molar-refractivity contribution in [2.45, 2.75) is 19.8 Å². The summed E-state index contributed by atoms with van der Waals surface area (Å²) in [6.45, 7) is 2.00. The standard InChI is InChI=1S/C18H19NO/c1-2-9-18(20)19-17(16-12-7-4-8-13-16)14-15-10-5-3-6-11-15/h3-8,10-14H,2,9H2,1H3,(H,19,20). The van der Waals surface area contributed by atoms with Gasteiger partial charge >= 0.3 is 0 Å². The average molecular weight is 265 g/mol. The molecular formula is C18H19NO. The minimum Gasteiger partial charge on any atom is -0.326 e. The van der Waals surface area contributed by atoms with Crippen LogP contribution in [-0.4, -0.2) is 5.91 Å². The van der Waals surface area contributed by atoms with Crippen molar-refractivity contribution in [3.05, 3.63) is 71.8 Å². The van der Waals surface area contributed by atoms with E-state index in [-0.39, 0.29) is 5.91 Å². The van der Waals surface area contributed by atoms with Crippen LogP contribution in [0.2, 0.25) is 0 Å². The van der Waals surface area contributed by atoms with Gasteiger partial charge in [0.05, 0.1) is 0 Å². The molecule has 0 unspecified atom stereocenters. The van der Waals surface area contributed by atoms with Crippen molar-refractivity contribution < 1.29 is 4.79 Å². The maximum Gasteiger partial charge on any atom is 0.224 e. The molecule has 0 saturated heterocycles. The van der Waals surface area contributed by atoms with Crippen molar-refractivity contribution in [1.82, 2.24) is 5.32 Å². The van der Waals surface area contributed by atoms with E-state index in [4.69, 9.17) is 0 Å². The molecule has 0 aromatic heterocycles. The predicted molar refractivity (Wildman–Crippen MR) is 83.8 cm³/mol. The fraction of sp³-hybridized carbons (Fsp3) is 0.167. The molecule has 0 atom stereocenters. The van der Waals surface area contributed by atoms with Crippen molar-refractivity contribution in [3.63, 3.8) is 0 Å². The van der Waals surface area contributed by atoms with E-state index in [0.29, 0.717) is 6.42 Å². The van der Waals surface area contributed by atoms with Gasteiger partial charge in [0.25, 0.3) is 0 Å². The van der Waals surface area contributed by atoms with Crippen LogP contribution in [0.25, 0.3) is 11.8 Å². The Morgan fingerprint density at radius 1 is 1.00 bits per heavy atom. The summed E-state index contributed by atoms with van der Waals surface area (Å²) in [7, 11) is 0. The van der Waals surface area contributed by atoms with Gasteiger partial charge in [-0.25, -0.2) is 0 Å². The van der Waals surface area contributed by atoms with Gasteiger partial charge < -0.3 is 5.32 Å². The maximum atomic E-state index is 11.9. The van der Waals surface area contributed by atoms with Crippen molar-refractivity contribution in [1.29, 1.82) is 0 Å². The first kappa shape index (κ1) is 14.1. The van der Waals surface area contributed by atoms with E-state index >= 15 is 0 Å². The number of hydrogen-bond donors (Lipinski definition) is 1. The smallest absolute Gasteiger partial charge is 0.224 e. The van der Waals surface area contributed by atoms with Gasteiger partial charge in [0, 0.05) is 12.1 Å². The molecule has 0 spiro atoms. The zero-order chi connectivity index (χ0) is 14.2. The van der Waals surface area contributed by atoms with E-state index < -0.39 is 0 Å². The van der Waals surface area contributed by atoms with Crippen LogP contribution < -0.4 is 5.32 Å². The minimum absolute atomic E-state index is 0.0542. The summed E-state index contributed by atoms with van der Waals surface area (Å²) >= 11 is 0. The fourth-order valence-corrected chi connectivity index (χ4v) is 1.96. The Bertz CT molecular complexity index is 573. The van der Waals surface area contributed by atoms with Gasteiger partial charge in [-0.05, 0) is 23.6 Å². The summed E-state index contributed by atoms with van der Waals surface area (Å²) in [5.74, 6) is 0.0542. The quantitative estimate of drug-likeness (QED) is 0.810. The summed E-state index contributed by atoms with van der Waals surface area (Å²) in [6.07, 6.45) is 3.39. The lowest BCUT2D eigenvalue weighted by molar-refractivity contribution is -0.119. The van der Waals surface area contributed by atoms with Crippen LogP contribution in [0.15, 0.2) is 60.7 Å². The van der Waals surface area contributed by atoms with Crippen molar-refractivity contribution in [2.75, 3.05) is 0 Å². The van der Waals surface area contributed by atoms with Gasteiger partial charge in [-0.3, -0.25) is 4.79 Å². The summed E-state index contributed by atoms with van der Waals surface area (Å²) in [6, 6.07) is 19.9. The lowest BCUT2D eigenvalue weighted by Gasteiger charge is -2.10. The number of carbonyl (C=O) groups excluding carboxylic acids is 1. The molecule has 102 valence electrons. The van der Waals surface area contributed by atoms with E-state index in [0.717, 1.165) is 23.2 Å².